The maximum Gasteiger partial charge on any atom is 0.306 e. The summed E-state index contributed by atoms with van der Waals surface area (Å²) >= 11 is 12.0. The van der Waals surface area contributed by atoms with E-state index in [2.05, 4.69) is 0 Å². The molecular weight excluding hydrogens is 437 g/mol. The fraction of sp³-hybridized carbons (Fsp3) is 0.350. The Labute approximate surface area is 180 Å². The second kappa shape index (κ2) is 9.34. The summed E-state index contributed by atoms with van der Waals surface area (Å²) in [7, 11) is -3.59. The van der Waals surface area contributed by atoms with Gasteiger partial charge in [0.1, 0.15) is 5.75 Å². The predicted molar refractivity (Wildman–Crippen MR) is 112 cm³/mol. The largest absolute Gasteiger partial charge is 0.383 e. The molecule has 0 saturated carbocycles. The second-order valence-corrected chi connectivity index (χ2v) is 9.27. The molecule has 1 saturated heterocycles. The van der Waals surface area contributed by atoms with Gasteiger partial charge in [-0.05, 0) is 48.7 Å². The molecular formula is C20H21Cl2NO5S. The Hall–Kier alpha value is -1.80. The lowest BCUT2D eigenvalue weighted by Gasteiger charge is -2.26. The van der Waals surface area contributed by atoms with Crippen molar-refractivity contribution in [1.29, 1.82) is 0 Å². The number of nitrogens with zero attached hydrogens (tertiary/aromatic N) is 1. The van der Waals surface area contributed by atoms with Crippen LogP contribution in [0.4, 0.5) is 0 Å². The van der Waals surface area contributed by atoms with Gasteiger partial charge >= 0.3 is 10.1 Å². The molecule has 0 radical (unpaired) electrons. The zero-order chi connectivity index (χ0) is 21.0. The van der Waals surface area contributed by atoms with E-state index < -0.39 is 10.1 Å². The molecule has 1 unspecified atom stereocenters. The van der Waals surface area contributed by atoms with Crippen molar-refractivity contribution in [2.24, 2.45) is 0 Å². The van der Waals surface area contributed by atoms with Gasteiger partial charge in [0.25, 0.3) is 5.91 Å². The number of hydrogen-bond donors (Lipinski definition) is 0. The molecule has 1 amide bonds. The van der Waals surface area contributed by atoms with Crippen LogP contribution in [0.1, 0.15) is 28.8 Å². The zero-order valence-corrected chi connectivity index (χ0v) is 18.1. The molecule has 2 aromatic carbocycles. The third kappa shape index (κ3) is 6.34. The standard InChI is InChI=1S/C20H21Cl2NO5S/c1-29(25,26)28-16-7-4-14(5-8-16)12-23(13-17-3-2-10-27-17)20(24)15-6-9-18(21)19(22)11-15/h4-9,11,17H,2-3,10,12-13H2,1H3. The summed E-state index contributed by atoms with van der Waals surface area (Å²) in [5.74, 6) is 0.0354. The molecule has 1 aliphatic heterocycles. The second-order valence-electron chi connectivity index (χ2n) is 6.88. The molecule has 6 nitrogen and oxygen atoms in total. The van der Waals surface area contributed by atoms with E-state index in [1.165, 1.54) is 0 Å². The first-order valence-electron chi connectivity index (χ1n) is 9.05. The molecule has 0 aromatic heterocycles. The van der Waals surface area contributed by atoms with Crippen LogP contribution in [0.15, 0.2) is 42.5 Å². The Morgan fingerprint density at radius 2 is 1.90 bits per heavy atom. The summed E-state index contributed by atoms with van der Waals surface area (Å²) in [6, 6.07) is 11.4. The Kier molecular flexibility index (Phi) is 7.05. The molecule has 3 rings (SSSR count). The summed E-state index contributed by atoms with van der Waals surface area (Å²) in [5.41, 5.74) is 1.27. The van der Waals surface area contributed by atoms with Gasteiger partial charge in [0.15, 0.2) is 0 Å². The lowest BCUT2D eigenvalue weighted by atomic mass is 10.1. The molecule has 1 atom stereocenters. The van der Waals surface area contributed by atoms with Gasteiger partial charge in [-0.3, -0.25) is 4.79 Å². The number of ether oxygens (including phenoxy) is 1. The first kappa shape index (κ1) is 21.9. The molecule has 1 aliphatic rings. The van der Waals surface area contributed by atoms with Gasteiger partial charge in [0.2, 0.25) is 0 Å². The van der Waals surface area contributed by atoms with Gasteiger partial charge in [0.05, 0.1) is 22.4 Å². The fourth-order valence-corrected chi connectivity index (χ4v) is 3.87. The normalized spacial score (nSPS) is 16.6. The van der Waals surface area contributed by atoms with E-state index in [0.29, 0.717) is 35.3 Å². The van der Waals surface area contributed by atoms with Gasteiger partial charge in [-0.15, -0.1) is 0 Å². The zero-order valence-electron chi connectivity index (χ0n) is 15.8. The number of rotatable bonds is 7. The van der Waals surface area contributed by atoms with Crippen molar-refractivity contribution in [2.75, 3.05) is 19.4 Å². The number of carbonyl (C=O) groups is 1. The molecule has 1 fully saturated rings. The summed E-state index contributed by atoms with van der Waals surface area (Å²) < 4.78 is 33.0. The highest BCUT2D eigenvalue weighted by Gasteiger charge is 2.24. The van der Waals surface area contributed by atoms with Crippen LogP contribution >= 0.6 is 23.2 Å². The molecule has 1 heterocycles. The van der Waals surface area contributed by atoms with Crippen LogP contribution in [-0.2, 0) is 21.4 Å². The Morgan fingerprint density at radius 1 is 1.17 bits per heavy atom. The molecule has 156 valence electrons. The number of benzene rings is 2. The average molecular weight is 458 g/mol. The topological polar surface area (TPSA) is 72.9 Å². The molecule has 0 N–H and O–H groups in total. The first-order chi connectivity index (χ1) is 13.7. The Morgan fingerprint density at radius 3 is 2.48 bits per heavy atom. The smallest absolute Gasteiger partial charge is 0.306 e. The van der Waals surface area contributed by atoms with Crippen molar-refractivity contribution in [2.45, 2.75) is 25.5 Å². The van der Waals surface area contributed by atoms with Crippen LogP contribution in [0.25, 0.3) is 0 Å². The van der Waals surface area contributed by atoms with Crippen LogP contribution < -0.4 is 4.18 Å². The van der Waals surface area contributed by atoms with Crippen LogP contribution in [0.5, 0.6) is 5.75 Å². The average Bonchev–Trinajstić information content (AvgIpc) is 3.16. The minimum Gasteiger partial charge on any atom is -0.383 e. The Bertz CT molecular complexity index is 973. The third-order valence-corrected chi connectivity index (χ3v) is 5.68. The summed E-state index contributed by atoms with van der Waals surface area (Å²) in [6.45, 7) is 1.47. The maximum absolute atomic E-state index is 13.1. The van der Waals surface area contributed by atoms with Crippen molar-refractivity contribution in [3.8, 4) is 5.75 Å². The predicted octanol–water partition coefficient (Wildman–Crippen LogP) is 4.15. The number of halogens is 2. The minimum atomic E-state index is -3.59. The molecule has 9 heteroatoms. The lowest BCUT2D eigenvalue weighted by molar-refractivity contribution is 0.0507. The van der Waals surface area contributed by atoms with Gasteiger partial charge in [-0.1, -0.05) is 35.3 Å². The molecule has 0 aliphatic carbocycles. The first-order valence-corrected chi connectivity index (χ1v) is 11.6. The highest BCUT2D eigenvalue weighted by atomic mass is 35.5. The van der Waals surface area contributed by atoms with Gasteiger partial charge < -0.3 is 13.8 Å². The molecule has 0 spiro atoms. The highest BCUT2D eigenvalue weighted by Crippen LogP contribution is 2.25. The van der Waals surface area contributed by atoms with Crippen LogP contribution in [-0.4, -0.2) is 44.7 Å². The van der Waals surface area contributed by atoms with Crippen LogP contribution in [0.2, 0.25) is 10.0 Å². The molecule has 0 bridgehead atoms. The van der Waals surface area contributed by atoms with E-state index in [9.17, 15) is 13.2 Å². The maximum atomic E-state index is 13.1. The minimum absolute atomic E-state index is 0.0189. The van der Waals surface area contributed by atoms with Gasteiger partial charge in [0, 0.05) is 25.3 Å². The van der Waals surface area contributed by atoms with Crippen LogP contribution in [0, 0.1) is 0 Å². The van der Waals surface area contributed by atoms with Gasteiger partial charge in [-0.25, -0.2) is 0 Å². The van der Waals surface area contributed by atoms with Crippen molar-refractivity contribution < 1.29 is 22.1 Å². The Balaban J connectivity index is 1.79. The highest BCUT2D eigenvalue weighted by molar-refractivity contribution is 7.86. The van der Waals surface area contributed by atoms with Crippen molar-refractivity contribution in [3.63, 3.8) is 0 Å². The van der Waals surface area contributed by atoms with E-state index in [1.807, 2.05) is 0 Å². The van der Waals surface area contributed by atoms with Gasteiger partial charge in [-0.2, -0.15) is 8.42 Å². The third-order valence-electron chi connectivity index (χ3n) is 4.45. The van der Waals surface area contributed by atoms with Crippen molar-refractivity contribution in [3.05, 3.63) is 63.6 Å². The fourth-order valence-electron chi connectivity index (χ4n) is 3.11. The number of hydrogen-bond acceptors (Lipinski definition) is 5. The van der Waals surface area contributed by atoms with Crippen molar-refractivity contribution >= 4 is 39.2 Å². The monoisotopic (exact) mass is 457 g/mol. The van der Waals surface area contributed by atoms with E-state index in [0.717, 1.165) is 24.7 Å². The lowest BCUT2D eigenvalue weighted by Crippen LogP contribution is -2.37. The number of amides is 1. The van der Waals surface area contributed by atoms with Crippen LogP contribution in [0.3, 0.4) is 0 Å². The quantitative estimate of drug-likeness (QED) is 0.583. The summed E-state index contributed by atoms with van der Waals surface area (Å²) in [5, 5.41) is 0.701. The SMILES string of the molecule is CS(=O)(=O)Oc1ccc(CN(CC2CCCO2)C(=O)c2ccc(Cl)c(Cl)c2)cc1. The summed E-state index contributed by atoms with van der Waals surface area (Å²) in [6.07, 6.45) is 2.83. The van der Waals surface area contributed by atoms with E-state index >= 15 is 0 Å². The van der Waals surface area contributed by atoms with E-state index in [4.69, 9.17) is 32.1 Å². The molecule has 2 aromatic rings. The number of carbonyl (C=O) groups excluding carboxylic acids is 1. The van der Waals surface area contributed by atoms with Crippen molar-refractivity contribution in [1.82, 2.24) is 4.90 Å². The van der Waals surface area contributed by atoms with E-state index in [-0.39, 0.29) is 17.8 Å². The van der Waals surface area contributed by atoms with E-state index in [1.54, 1.807) is 47.4 Å². The molecule has 29 heavy (non-hydrogen) atoms. The summed E-state index contributed by atoms with van der Waals surface area (Å²) in [4.78, 5) is 14.8.